The molecule has 6 nitrogen and oxygen atoms in total. The Morgan fingerprint density at radius 2 is 2.09 bits per heavy atom. The number of halogens is 1. The second-order valence-corrected chi connectivity index (χ2v) is 5.24. The molecule has 1 aliphatic heterocycles. The average Bonchev–Trinajstić information content (AvgIpc) is 2.55. The van der Waals surface area contributed by atoms with Gasteiger partial charge in [0.15, 0.2) is 17.5 Å². The predicted molar refractivity (Wildman–Crippen MR) is 103 cm³/mol. The van der Waals surface area contributed by atoms with Crippen molar-refractivity contribution < 1.29 is 14.2 Å². The zero-order chi connectivity index (χ0) is 15.8. The van der Waals surface area contributed by atoms with Crippen LogP contribution in [0.25, 0.3) is 0 Å². The van der Waals surface area contributed by atoms with Crippen LogP contribution in [0.1, 0.15) is 25.7 Å². The summed E-state index contributed by atoms with van der Waals surface area (Å²) >= 11 is 0. The fourth-order valence-corrected chi connectivity index (χ4v) is 2.47. The van der Waals surface area contributed by atoms with E-state index in [2.05, 4.69) is 10.3 Å². The third kappa shape index (κ3) is 6.42. The third-order valence-corrected chi connectivity index (χ3v) is 3.66. The molecule has 1 aromatic rings. The quantitative estimate of drug-likeness (QED) is 0.408. The van der Waals surface area contributed by atoms with Gasteiger partial charge < -0.3 is 25.3 Å². The molecule has 0 radical (unpaired) electrons. The highest BCUT2D eigenvalue weighted by atomic mass is 127. The van der Waals surface area contributed by atoms with Crippen molar-refractivity contribution in [2.75, 3.05) is 32.7 Å². The number of methoxy groups -OCH3 is 2. The SMILES string of the molecule is COc1ccc(NC(N)=NCCC2CCCCO2)cc1OC.I. The van der Waals surface area contributed by atoms with Crippen LogP contribution in [0, 0.1) is 0 Å². The van der Waals surface area contributed by atoms with Gasteiger partial charge in [-0.25, -0.2) is 0 Å². The largest absolute Gasteiger partial charge is 0.493 e. The van der Waals surface area contributed by atoms with Gasteiger partial charge in [-0.2, -0.15) is 0 Å². The van der Waals surface area contributed by atoms with Crippen LogP contribution in [-0.2, 0) is 4.74 Å². The molecule has 0 saturated carbocycles. The molecule has 1 atom stereocenters. The molecule has 1 aliphatic rings. The highest BCUT2D eigenvalue weighted by Gasteiger charge is 2.12. The highest BCUT2D eigenvalue weighted by Crippen LogP contribution is 2.29. The van der Waals surface area contributed by atoms with Crippen LogP contribution in [0.15, 0.2) is 23.2 Å². The molecule has 1 saturated heterocycles. The van der Waals surface area contributed by atoms with Crippen molar-refractivity contribution in [3.05, 3.63) is 18.2 Å². The average molecular weight is 435 g/mol. The maximum atomic E-state index is 5.91. The zero-order valence-electron chi connectivity index (χ0n) is 13.7. The number of benzene rings is 1. The predicted octanol–water partition coefficient (Wildman–Crippen LogP) is 3.01. The van der Waals surface area contributed by atoms with Gasteiger partial charge in [0.05, 0.1) is 20.3 Å². The molecule has 1 fully saturated rings. The summed E-state index contributed by atoms with van der Waals surface area (Å²) in [5.41, 5.74) is 6.72. The van der Waals surface area contributed by atoms with Gasteiger partial charge in [0, 0.05) is 24.9 Å². The first-order valence-corrected chi connectivity index (χ1v) is 7.63. The van der Waals surface area contributed by atoms with Gasteiger partial charge in [0.25, 0.3) is 0 Å². The van der Waals surface area contributed by atoms with Crippen molar-refractivity contribution in [3.8, 4) is 11.5 Å². The second-order valence-electron chi connectivity index (χ2n) is 5.24. The maximum absolute atomic E-state index is 5.91. The lowest BCUT2D eigenvalue weighted by Crippen LogP contribution is -2.24. The molecule has 0 aliphatic carbocycles. The van der Waals surface area contributed by atoms with E-state index < -0.39 is 0 Å². The van der Waals surface area contributed by atoms with Gasteiger partial charge in [0.1, 0.15) is 0 Å². The summed E-state index contributed by atoms with van der Waals surface area (Å²) in [6.45, 7) is 1.53. The van der Waals surface area contributed by atoms with Crippen molar-refractivity contribution in [2.45, 2.75) is 31.8 Å². The molecular formula is C16H26IN3O3. The Kier molecular flexibility index (Phi) is 9.08. The van der Waals surface area contributed by atoms with Crippen molar-refractivity contribution in [1.29, 1.82) is 0 Å². The highest BCUT2D eigenvalue weighted by molar-refractivity contribution is 14.0. The minimum Gasteiger partial charge on any atom is -0.493 e. The van der Waals surface area contributed by atoms with Crippen molar-refractivity contribution in [2.24, 2.45) is 10.7 Å². The number of nitrogens with two attached hydrogens (primary N) is 1. The Hall–Kier alpha value is -1.22. The lowest BCUT2D eigenvalue weighted by atomic mass is 10.1. The number of nitrogens with one attached hydrogen (secondary N) is 1. The van der Waals surface area contributed by atoms with E-state index in [1.165, 1.54) is 12.8 Å². The first-order valence-electron chi connectivity index (χ1n) is 7.63. The Balaban J connectivity index is 0.00000264. The number of guanidine groups is 1. The molecule has 3 N–H and O–H groups in total. The van der Waals surface area contributed by atoms with E-state index >= 15 is 0 Å². The van der Waals surface area contributed by atoms with E-state index in [1.54, 1.807) is 14.2 Å². The van der Waals surface area contributed by atoms with Crippen LogP contribution in [0.4, 0.5) is 5.69 Å². The molecule has 2 rings (SSSR count). The van der Waals surface area contributed by atoms with Crippen LogP contribution in [0.3, 0.4) is 0 Å². The lowest BCUT2D eigenvalue weighted by molar-refractivity contribution is 0.0129. The van der Waals surface area contributed by atoms with E-state index in [0.717, 1.165) is 25.1 Å². The summed E-state index contributed by atoms with van der Waals surface area (Å²) in [5, 5.41) is 3.06. The van der Waals surface area contributed by atoms with Crippen molar-refractivity contribution >= 4 is 35.6 Å². The first-order chi connectivity index (χ1) is 10.7. The minimum absolute atomic E-state index is 0. The van der Waals surface area contributed by atoms with Crippen molar-refractivity contribution in [1.82, 2.24) is 0 Å². The number of hydrogen-bond donors (Lipinski definition) is 2. The van der Waals surface area contributed by atoms with Crippen LogP contribution >= 0.6 is 24.0 Å². The number of ether oxygens (including phenoxy) is 3. The zero-order valence-corrected chi connectivity index (χ0v) is 16.0. The normalized spacial score (nSPS) is 18.0. The Morgan fingerprint density at radius 1 is 1.30 bits per heavy atom. The van der Waals surface area contributed by atoms with Crippen LogP contribution in [0.5, 0.6) is 11.5 Å². The summed E-state index contributed by atoms with van der Waals surface area (Å²) in [5.74, 6) is 1.72. The standard InChI is InChI=1S/C16H25N3O3.HI/c1-20-14-7-6-12(11-15(14)21-2)19-16(17)18-9-8-13-5-3-4-10-22-13;/h6-7,11,13H,3-5,8-10H2,1-2H3,(H3,17,18,19);1H. The molecule has 1 heterocycles. The number of aliphatic imine (C=N–C) groups is 1. The van der Waals surface area contributed by atoms with Gasteiger partial charge in [0.2, 0.25) is 0 Å². The van der Waals surface area contributed by atoms with Gasteiger partial charge >= 0.3 is 0 Å². The fourth-order valence-electron chi connectivity index (χ4n) is 2.47. The summed E-state index contributed by atoms with van der Waals surface area (Å²) in [7, 11) is 3.21. The van der Waals surface area contributed by atoms with Gasteiger partial charge in [-0.3, -0.25) is 4.99 Å². The second kappa shape index (κ2) is 10.5. The summed E-state index contributed by atoms with van der Waals surface area (Å²) < 4.78 is 16.1. The molecule has 130 valence electrons. The molecule has 0 bridgehead atoms. The first kappa shape index (κ1) is 19.8. The monoisotopic (exact) mass is 435 g/mol. The summed E-state index contributed by atoms with van der Waals surface area (Å²) in [4.78, 5) is 4.34. The maximum Gasteiger partial charge on any atom is 0.193 e. The van der Waals surface area contributed by atoms with Crippen LogP contribution in [-0.4, -0.2) is 39.4 Å². The smallest absolute Gasteiger partial charge is 0.193 e. The number of hydrogen-bond acceptors (Lipinski definition) is 4. The van der Waals surface area contributed by atoms with Gasteiger partial charge in [-0.15, -0.1) is 24.0 Å². The Bertz CT molecular complexity index is 505. The Morgan fingerprint density at radius 3 is 2.74 bits per heavy atom. The molecular weight excluding hydrogens is 409 g/mol. The number of anilines is 1. The molecule has 0 spiro atoms. The third-order valence-electron chi connectivity index (χ3n) is 3.66. The number of rotatable bonds is 6. The molecule has 23 heavy (non-hydrogen) atoms. The van der Waals surface area contributed by atoms with Gasteiger partial charge in [-0.05, 0) is 37.8 Å². The summed E-state index contributed by atoms with van der Waals surface area (Å²) in [6, 6.07) is 5.52. The molecule has 7 heteroatoms. The molecule has 1 unspecified atom stereocenters. The Labute approximate surface area is 154 Å². The van der Waals surface area contributed by atoms with Crippen molar-refractivity contribution in [3.63, 3.8) is 0 Å². The lowest BCUT2D eigenvalue weighted by Gasteiger charge is -2.21. The van der Waals surface area contributed by atoms with Crippen LogP contribution < -0.4 is 20.5 Å². The van der Waals surface area contributed by atoms with E-state index in [0.29, 0.717) is 30.1 Å². The summed E-state index contributed by atoms with van der Waals surface area (Å²) in [6.07, 6.45) is 4.77. The van der Waals surface area contributed by atoms with E-state index in [9.17, 15) is 0 Å². The van der Waals surface area contributed by atoms with Crippen LogP contribution in [0.2, 0.25) is 0 Å². The fraction of sp³-hybridized carbons (Fsp3) is 0.562. The molecule has 1 aromatic carbocycles. The number of nitrogens with zero attached hydrogens (tertiary/aromatic N) is 1. The molecule has 0 aromatic heterocycles. The molecule has 0 amide bonds. The van der Waals surface area contributed by atoms with Gasteiger partial charge in [-0.1, -0.05) is 0 Å². The minimum atomic E-state index is 0. The van der Waals surface area contributed by atoms with E-state index in [1.807, 2.05) is 18.2 Å². The topological polar surface area (TPSA) is 78.1 Å². The van der Waals surface area contributed by atoms with E-state index in [-0.39, 0.29) is 24.0 Å². The van der Waals surface area contributed by atoms with E-state index in [4.69, 9.17) is 19.9 Å².